The summed E-state index contributed by atoms with van der Waals surface area (Å²) in [4.78, 5) is 14.9. The lowest BCUT2D eigenvalue weighted by Gasteiger charge is -2.06. The van der Waals surface area contributed by atoms with E-state index in [0.29, 0.717) is 5.56 Å². The van der Waals surface area contributed by atoms with Crippen LogP contribution >= 0.6 is 0 Å². The molecule has 2 rings (SSSR count). The summed E-state index contributed by atoms with van der Waals surface area (Å²) < 4.78 is 5.13. The number of benzene rings is 1. The number of aldehydes is 1. The fourth-order valence-electron chi connectivity index (χ4n) is 1.68. The number of carbonyl (C=O) groups excluding carboxylic acids is 1. The van der Waals surface area contributed by atoms with Gasteiger partial charge in [-0.25, -0.2) is 0 Å². The lowest BCUT2D eigenvalue weighted by Crippen LogP contribution is -1.89. The monoisotopic (exact) mass is 227 g/mol. The Kier molecular flexibility index (Phi) is 3.19. The topological polar surface area (TPSA) is 39.2 Å². The second kappa shape index (κ2) is 4.78. The zero-order chi connectivity index (χ0) is 12.3. The quantitative estimate of drug-likeness (QED) is 0.757. The molecule has 2 aromatic rings. The molecular weight excluding hydrogens is 214 g/mol. The maximum absolute atomic E-state index is 10.7. The van der Waals surface area contributed by atoms with Crippen molar-refractivity contribution >= 4 is 6.29 Å². The van der Waals surface area contributed by atoms with Crippen LogP contribution in [0.1, 0.15) is 15.9 Å². The molecule has 0 atom stereocenters. The van der Waals surface area contributed by atoms with E-state index < -0.39 is 0 Å². The highest BCUT2D eigenvalue weighted by atomic mass is 16.5. The molecule has 17 heavy (non-hydrogen) atoms. The molecule has 0 aliphatic carbocycles. The summed E-state index contributed by atoms with van der Waals surface area (Å²) in [6.45, 7) is 1.92. The molecule has 0 N–H and O–H groups in total. The first kappa shape index (κ1) is 11.3. The summed E-state index contributed by atoms with van der Waals surface area (Å²) in [7, 11) is 1.61. The molecule has 1 heterocycles. The minimum atomic E-state index is 0.713. The van der Waals surface area contributed by atoms with Gasteiger partial charge in [0.05, 0.1) is 13.3 Å². The summed E-state index contributed by atoms with van der Waals surface area (Å²) in [6.07, 6.45) is 4.30. The predicted octanol–water partition coefficient (Wildman–Crippen LogP) is 2.88. The predicted molar refractivity (Wildman–Crippen MR) is 66.3 cm³/mol. The third-order valence-corrected chi connectivity index (χ3v) is 2.68. The van der Waals surface area contributed by atoms with Gasteiger partial charge in [0.25, 0.3) is 0 Å². The standard InChI is InChI=1S/C14H13NO2/c1-10-5-11(3-4-12(10)9-16)13-6-14(17-2)8-15-7-13/h3-9H,1-2H3. The molecule has 86 valence electrons. The lowest BCUT2D eigenvalue weighted by molar-refractivity contribution is 0.112. The van der Waals surface area contributed by atoms with Gasteiger partial charge in [-0.05, 0) is 24.1 Å². The van der Waals surface area contributed by atoms with E-state index in [4.69, 9.17) is 4.74 Å². The largest absolute Gasteiger partial charge is 0.495 e. The van der Waals surface area contributed by atoms with E-state index in [-0.39, 0.29) is 0 Å². The average Bonchev–Trinajstić information content (AvgIpc) is 2.38. The summed E-state index contributed by atoms with van der Waals surface area (Å²) in [5.74, 6) is 0.722. The Morgan fingerprint density at radius 2 is 2.00 bits per heavy atom. The number of ether oxygens (including phenoxy) is 1. The molecule has 0 unspecified atom stereocenters. The maximum atomic E-state index is 10.7. The third kappa shape index (κ3) is 2.33. The molecule has 0 spiro atoms. The Morgan fingerprint density at radius 3 is 2.65 bits per heavy atom. The Balaban J connectivity index is 2.45. The average molecular weight is 227 g/mol. The first-order chi connectivity index (χ1) is 8.24. The van der Waals surface area contributed by atoms with Crippen LogP contribution < -0.4 is 4.74 Å². The minimum Gasteiger partial charge on any atom is -0.495 e. The zero-order valence-electron chi connectivity index (χ0n) is 9.81. The number of carbonyl (C=O) groups is 1. The molecule has 0 radical (unpaired) electrons. The third-order valence-electron chi connectivity index (χ3n) is 2.68. The van der Waals surface area contributed by atoms with Gasteiger partial charge in [0.1, 0.15) is 12.0 Å². The van der Waals surface area contributed by atoms with Gasteiger partial charge in [-0.15, -0.1) is 0 Å². The number of nitrogens with zero attached hydrogens (tertiary/aromatic N) is 1. The molecule has 1 aromatic heterocycles. The Bertz CT molecular complexity index is 550. The second-order valence-corrected chi connectivity index (χ2v) is 3.80. The van der Waals surface area contributed by atoms with Crippen molar-refractivity contribution in [2.75, 3.05) is 7.11 Å². The SMILES string of the molecule is COc1cncc(-c2ccc(C=O)c(C)c2)c1. The van der Waals surface area contributed by atoms with Crippen LogP contribution in [0.5, 0.6) is 5.75 Å². The second-order valence-electron chi connectivity index (χ2n) is 3.80. The van der Waals surface area contributed by atoms with Crippen LogP contribution in [0.15, 0.2) is 36.7 Å². The van der Waals surface area contributed by atoms with Crippen molar-refractivity contribution in [1.82, 2.24) is 4.98 Å². The number of pyridine rings is 1. The number of aryl methyl sites for hydroxylation is 1. The molecular formula is C14H13NO2. The van der Waals surface area contributed by atoms with Gasteiger partial charge in [-0.1, -0.05) is 18.2 Å². The molecule has 0 aliphatic rings. The molecule has 0 bridgehead atoms. The molecule has 0 aliphatic heterocycles. The first-order valence-corrected chi connectivity index (χ1v) is 5.30. The van der Waals surface area contributed by atoms with E-state index in [1.807, 2.05) is 31.2 Å². The highest BCUT2D eigenvalue weighted by Gasteiger charge is 2.03. The van der Waals surface area contributed by atoms with Crippen molar-refractivity contribution in [3.63, 3.8) is 0 Å². The van der Waals surface area contributed by atoms with Gasteiger partial charge in [0.2, 0.25) is 0 Å². The lowest BCUT2D eigenvalue weighted by atomic mass is 10.0. The normalized spacial score (nSPS) is 10.0. The fourth-order valence-corrected chi connectivity index (χ4v) is 1.68. The molecule has 0 saturated carbocycles. The van der Waals surface area contributed by atoms with Gasteiger partial charge < -0.3 is 4.74 Å². The van der Waals surface area contributed by atoms with Crippen LogP contribution in [0.25, 0.3) is 11.1 Å². The zero-order valence-corrected chi connectivity index (χ0v) is 9.81. The molecule has 1 aromatic carbocycles. The maximum Gasteiger partial charge on any atom is 0.150 e. The highest BCUT2D eigenvalue weighted by molar-refractivity contribution is 5.79. The fraction of sp³-hybridized carbons (Fsp3) is 0.143. The van der Waals surface area contributed by atoms with Crippen molar-refractivity contribution in [2.45, 2.75) is 6.92 Å². The van der Waals surface area contributed by atoms with Gasteiger partial charge >= 0.3 is 0 Å². The van der Waals surface area contributed by atoms with Crippen LogP contribution in [-0.2, 0) is 0 Å². The van der Waals surface area contributed by atoms with E-state index >= 15 is 0 Å². The van der Waals surface area contributed by atoms with Gasteiger partial charge in [0.15, 0.2) is 0 Å². The minimum absolute atomic E-state index is 0.713. The van der Waals surface area contributed by atoms with Crippen molar-refractivity contribution in [3.8, 4) is 16.9 Å². The van der Waals surface area contributed by atoms with Crippen molar-refractivity contribution in [3.05, 3.63) is 47.8 Å². The summed E-state index contributed by atoms with van der Waals surface area (Å²) >= 11 is 0. The Labute approximate surface area is 100 Å². The number of aromatic nitrogens is 1. The van der Waals surface area contributed by atoms with Crippen LogP contribution in [0, 0.1) is 6.92 Å². The Morgan fingerprint density at radius 1 is 1.18 bits per heavy atom. The van der Waals surface area contributed by atoms with Gasteiger partial charge in [-0.2, -0.15) is 0 Å². The highest BCUT2D eigenvalue weighted by Crippen LogP contribution is 2.24. The summed E-state index contributed by atoms with van der Waals surface area (Å²) in [5, 5.41) is 0. The Hall–Kier alpha value is -2.16. The van der Waals surface area contributed by atoms with E-state index in [9.17, 15) is 4.79 Å². The van der Waals surface area contributed by atoms with Crippen LogP contribution in [0.2, 0.25) is 0 Å². The molecule has 3 nitrogen and oxygen atoms in total. The van der Waals surface area contributed by atoms with Crippen LogP contribution in [-0.4, -0.2) is 18.4 Å². The molecule has 3 heteroatoms. The smallest absolute Gasteiger partial charge is 0.150 e. The van der Waals surface area contributed by atoms with Crippen LogP contribution in [0.4, 0.5) is 0 Å². The van der Waals surface area contributed by atoms with E-state index in [2.05, 4.69) is 4.98 Å². The molecule has 0 fully saturated rings. The van der Waals surface area contributed by atoms with Crippen molar-refractivity contribution in [2.24, 2.45) is 0 Å². The van der Waals surface area contributed by atoms with Crippen molar-refractivity contribution in [1.29, 1.82) is 0 Å². The summed E-state index contributed by atoms with van der Waals surface area (Å²) in [6, 6.07) is 7.62. The number of rotatable bonds is 3. The van der Waals surface area contributed by atoms with E-state index in [0.717, 1.165) is 28.7 Å². The molecule has 0 amide bonds. The number of hydrogen-bond acceptors (Lipinski definition) is 3. The van der Waals surface area contributed by atoms with E-state index in [1.54, 1.807) is 19.5 Å². The number of methoxy groups -OCH3 is 1. The summed E-state index contributed by atoms with van der Waals surface area (Å²) in [5.41, 5.74) is 3.68. The van der Waals surface area contributed by atoms with Crippen molar-refractivity contribution < 1.29 is 9.53 Å². The van der Waals surface area contributed by atoms with Gasteiger partial charge in [-0.3, -0.25) is 9.78 Å². The first-order valence-electron chi connectivity index (χ1n) is 5.30. The van der Waals surface area contributed by atoms with Gasteiger partial charge in [0, 0.05) is 17.3 Å². The number of hydrogen-bond donors (Lipinski definition) is 0. The van der Waals surface area contributed by atoms with Crippen LogP contribution in [0.3, 0.4) is 0 Å². The van der Waals surface area contributed by atoms with E-state index in [1.165, 1.54) is 0 Å². The molecule has 0 saturated heterocycles.